The van der Waals surface area contributed by atoms with Crippen molar-refractivity contribution in [2.45, 2.75) is 6.10 Å². The highest BCUT2D eigenvalue weighted by molar-refractivity contribution is 5.87. The van der Waals surface area contributed by atoms with Crippen molar-refractivity contribution in [1.82, 2.24) is 14.5 Å². The first-order valence-corrected chi connectivity index (χ1v) is 8.49. The number of oxime groups is 1. The number of ether oxygens (including phenoxy) is 1. The molecule has 1 unspecified atom stereocenters. The Kier molecular flexibility index (Phi) is 4.63. The molecule has 0 bridgehead atoms. The Morgan fingerprint density at radius 3 is 2.78 bits per heavy atom. The van der Waals surface area contributed by atoms with Crippen LogP contribution in [0.4, 0.5) is 0 Å². The van der Waals surface area contributed by atoms with Crippen molar-refractivity contribution in [3.8, 4) is 5.69 Å². The molecule has 6 nitrogen and oxygen atoms in total. The fourth-order valence-electron chi connectivity index (χ4n) is 3.18. The van der Waals surface area contributed by atoms with E-state index in [1.54, 1.807) is 19.6 Å². The maximum Gasteiger partial charge on any atom is 0.124 e. The van der Waals surface area contributed by atoms with Crippen LogP contribution in [0.15, 0.2) is 78.3 Å². The summed E-state index contributed by atoms with van der Waals surface area (Å²) < 4.78 is 7.72. The maximum atomic E-state index is 8.70. The predicted molar refractivity (Wildman–Crippen MR) is 104 cm³/mol. The van der Waals surface area contributed by atoms with Gasteiger partial charge in [0.15, 0.2) is 0 Å². The highest BCUT2D eigenvalue weighted by Crippen LogP contribution is 2.27. The van der Waals surface area contributed by atoms with Gasteiger partial charge in [0, 0.05) is 19.0 Å². The lowest BCUT2D eigenvalue weighted by Crippen LogP contribution is -2.06. The highest BCUT2D eigenvalue weighted by atomic mass is 16.5. The molecule has 0 saturated heterocycles. The third-order valence-corrected chi connectivity index (χ3v) is 4.42. The van der Waals surface area contributed by atoms with Crippen LogP contribution in [0.25, 0.3) is 16.7 Å². The van der Waals surface area contributed by atoms with E-state index in [1.807, 2.05) is 59.2 Å². The summed E-state index contributed by atoms with van der Waals surface area (Å²) in [6.07, 6.45) is 4.69. The summed E-state index contributed by atoms with van der Waals surface area (Å²) in [5.41, 5.74) is 5.44. The van der Waals surface area contributed by atoms with Gasteiger partial charge in [-0.15, -0.1) is 0 Å². The van der Waals surface area contributed by atoms with Crippen molar-refractivity contribution in [2.75, 3.05) is 7.11 Å². The molecular weight excluding hydrogens is 340 g/mol. The molecule has 0 aliphatic carbocycles. The van der Waals surface area contributed by atoms with Crippen molar-refractivity contribution >= 4 is 17.2 Å². The second-order valence-electron chi connectivity index (χ2n) is 6.07. The van der Waals surface area contributed by atoms with E-state index in [2.05, 4.69) is 21.2 Å². The minimum atomic E-state index is -0.242. The lowest BCUT2D eigenvalue weighted by Gasteiger charge is -2.16. The van der Waals surface area contributed by atoms with E-state index in [9.17, 15) is 0 Å². The number of hydrogen-bond acceptors (Lipinski definition) is 5. The topological polar surface area (TPSA) is 72.5 Å². The van der Waals surface area contributed by atoms with Gasteiger partial charge >= 0.3 is 0 Å². The van der Waals surface area contributed by atoms with Crippen LogP contribution in [0.2, 0.25) is 0 Å². The van der Waals surface area contributed by atoms with Gasteiger partial charge in [-0.3, -0.25) is 9.55 Å². The van der Waals surface area contributed by atoms with Gasteiger partial charge in [-0.2, -0.15) is 0 Å². The summed E-state index contributed by atoms with van der Waals surface area (Å²) in [5.74, 6) is 0. The number of pyridine rings is 1. The van der Waals surface area contributed by atoms with Crippen molar-refractivity contribution in [3.05, 3.63) is 90.0 Å². The summed E-state index contributed by atoms with van der Waals surface area (Å²) in [4.78, 5) is 8.89. The Hall–Kier alpha value is -3.51. The van der Waals surface area contributed by atoms with Gasteiger partial charge < -0.3 is 9.94 Å². The number of hydrogen-bond donors (Lipinski definition) is 1. The minimum Gasteiger partial charge on any atom is -0.411 e. The monoisotopic (exact) mass is 358 g/mol. The number of nitrogens with zero attached hydrogens (tertiary/aromatic N) is 4. The zero-order valence-electron chi connectivity index (χ0n) is 14.7. The van der Waals surface area contributed by atoms with Crippen molar-refractivity contribution in [1.29, 1.82) is 0 Å². The smallest absolute Gasteiger partial charge is 0.124 e. The molecule has 2 heterocycles. The molecule has 1 N–H and O–H groups in total. The van der Waals surface area contributed by atoms with Crippen molar-refractivity contribution in [3.63, 3.8) is 0 Å². The van der Waals surface area contributed by atoms with E-state index < -0.39 is 0 Å². The first-order valence-electron chi connectivity index (χ1n) is 8.49. The standard InChI is InChI=1S/C21H18N4O2/c1-27-21(18-7-2-3-10-22-18)16-5-4-6-17(12-16)25-14-23-19-11-15(13-24-26)8-9-20(19)25/h2-14,21,26H,1H3/b24-13+. The van der Waals surface area contributed by atoms with Crippen LogP contribution in [0.3, 0.4) is 0 Å². The molecule has 1 atom stereocenters. The first kappa shape index (κ1) is 16.9. The van der Waals surface area contributed by atoms with Crippen LogP contribution >= 0.6 is 0 Å². The van der Waals surface area contributed by atoms with Gasteiger partial charge in [0.2, 0.25) is 0 Å². The largest absolute Gasteiger partial charge is 0.411 e. The predicted octanol–water partition coefficient (Wildman–Crippen LogP) is 3.96. The molecular formula is C21H18N4O2. The third-order valence-electron chi connectivity index (χ3n) is 4.42. The van der Waals surface area contributed by atoms with Gasteiger partial charge in [-0.05, 0) is 47.5 Å². The van der Waals surface area contributed by atoms with Gasteiger partial charge in [0.1, 0.15) is 12.4 Å². The quantitative estimate of drug-likeness (QED) is 0.333. The van der Waals surface area contributed by atoms with Gasteiger partial charge in [0.25, 0.3) is 0 Å². The fraction of sp³-hybridized carbons (Fsp3) is 0.0952. The Morgan fingerprint density at radius 1 is 1.07 bits per heavy atom. The summed E-state index contributed by atoms with van der Waals surface area (Å²) in [6, 6.07) is 19.6. The van der Waals surface area contributed by atoms with Crippen LogP contribution in [0.1, 0.15) is 22.9 Å². The molecule has 0 amide bonds. The molecule has 0 fully saturated rings. The molecule has 27 heavy (non-hydrogen) atoms. The van der Waals surface area contributed by atoms with Crippen LogP contribution < -0.4 is 0 Å². The maximum absolute atomic E-state index is 8.70. The number of methoxy groups -OCH3 is 1. The zero-order valence-corrected chi connectivity index (χ0v) is 14.7. The summed E-state index contributed by atoms with van der Waals surface area (Å²) in [5, 5.41) is 11.8. The van der Waals surface area contributed by atoms with E-state index in [1.165, 1.54) is 6.21 Å². The van der Waals surface area contributed by atoms with E-state index in [0.717, 1.165) is 33.5 Å². The van der Waals surface area contributed by atoms with Crippen molar-refractivity contribution in [2.24, 2.45) is 5.16 Å². The van der Waals surface area contributed by atoms with Crippen LogP contribution in [-0.4, -0.2) is 33.1 Å². The zero-order chi connectivity index (χ0) is 18.6. The van der Waals surface area contributed by atoms with E-state index in [-0.39, 0.29) is 6.10 Å². The number of aromatic nitrogens is 3. The molecule has 134 valence electrons. The normalized spacial score (nSPS) is 12.6. The second kappa shape index (κ2) is 7.39. The second-order valence-corrected chi connectivity index (χ2v) is 6.07. The van der Waals surface area contributed by atoms with Crippen LogP contribution in [0, 0.1) is 0 Å². The van der Waals surface area contributed by atoms with Gasteiger partial charge in [0.05, 0.1) is 22.9 Å². The molecule has 0 spiro atoms. The number of fused-ring (bicyclic) bond motifs is 1. The number of rotatable bonds is 5. The Bertz CT molecular complexity index is 1090. The van der Waals surface area contributed by atoms with E-state index >= 15 is 0 Å². The Morgan fingerprint density at radius 2 is 2.00 bits per heavy atom. The Balaban J connectivity index is 1.75. The molecule has 2 aromatic carbocycles. The van der Waals surface area contributed by atoms with Crippen LogP contribution in [-0.2, 0) is 4.74 Å². The lowest BCUT2D eigenvalue weighted by molar-refractivity contribution is 0.133. The molecule has 0 aliphatic rings. The fourth-order valence-corrected chi connectivity index (χ4v) is 3.18. The third kappa shape index (κ3) is 3.30. The molecule has 0 aliphatic heterocycles. The molecule has 6 heteroatoms. The molecule has 4 aromatic rings. The molecule has 2 aromatic heterocycles. The summed E-state index contributed by atoms with van der Waals surface area (Å²) >= 11 is 0. The molecule has 4 rings (SSSR count). The summed E-state index contributed by atoms with van der Waals surface area (Å²) in [6.45, 7) is 0. The van der Waals surface area contributed by atoms with E-state index in [4.69, 9.17) is 9.94 Å². The highest BCUT2D eigenvalue weighted by Gasteiger charge is 2.15. The number of benzene rings is 2. The van der Waals surface area contributed by atoms with E-state index in [0.29, 0.717) is 0 Å². The van der Waals surface area contributed by atoms with Crippen LogP contribution in [0.5, 0.6) is 0 Å². The Labute approximate surface area is 156 Å². The van der Waals surface area contributed by atoms with Gasteiger partial charge in [-0.1, -0.05) is 29.4 Å². The minimum absolute atomic E-state index is 0.242. The lowest BCUT2D eigenvalue weighted by atomic mass is 10.0. The average molecular weight is 358 g/mol. The first-order chi connectivity index (χ1) is 13.3. The van der Waals surface area contributed by atoms with Gasteiger partial charge in [-0.25, -0.2) is 4.98 Å². The molecule has 0 radical (unpaired) electrons. The SMILES string of the molecule is COC(c1cccc(-n2cnc3cc(/C=N/O)ccc32)c1)c1ccccn1. The van der Waals surface area contributed by atoms with Crippen molar-refractivity contribution < 1.29 is 9.94 Å². The average Bonchev–Trinajstić information content (AvgIpc) is 3.13. The molecule has 0 saturated carbocycles. The summed E-state index contributed by atoms with van der Waals surface area (Å²) in [7, 11) is 1.68. The number of imidazole rings is 1.